The maximum atomic E-state index is 3.35. The molecule has 0 fully saturated rings. The Balaban J connectivity index is 0.000000640. The predicted molar refractivity (Wildman–Crippen MR) is 47.6 cm³/mol. The molecule has 9 heavy (non-hydrogen) atoms. The van der Waals surface area contributed by atoms with E-state index < -0.39 is 0 Å². The van der Waals surface area contributed by atoms with Crippen LogP contribution in [-0.4, -0.2) is 51.4 Å². The van der Waals surface area contributed by atoms with Crippen molar-refractivity contribution in [2.75, 3.05) is 0 Å². The minimum Gasteiger partial charge on any atom is -0.0611 e. The molecule has 0 N–H and O–H groups in total. The van der Waals surface area contributed by atoms with E-state index in [4.69, 9.17) is 0 Å². The van der Waals surface area contributed by atoms with Gasteiger partial charge in [0.1, 0.15) is 0 Å². The zero-order chi connectivity index (χ0) is 5.98. The zero-order valence-corrected chi connectivity index (χ0v) is 11.4. The summed E-state index contributed by atoms with van der Waals surface area (Å²) in [5, 5.41) is 0. The molecule has 0 saturated carbocycles. The van der Waals surface area contributed by atoms with Crippen molar-refractivity contribution in [3.63, 3.8) is 0 Å². The number of halogens is 2. The normalized spacial score (nSPS) is 8.22. The van der Waals surface area contributed by atoms with Gasteiger partial charge in [-0.1, -0.05) is 12.1 Å². The van der Waals surface area contributed by atoms with E-state index >= 15 is 0 Å². The van der Waals surface area contributed by atoms with Crippen LogP contribution in [0.3, 0.4) is 0 Å². The summed E-state index contributed by atoms with van der Waals surface area (Å²) in [6, 6.07) is 7.94. The van der Waals surface area contributed by atoms with Crippen LogP contribution in [0.4, 0.5) is 0 Å². The molecule has 0 aliphatic carbocycles. The summed E-state index contributed by atoms with van der Waals surface area (Å²) in [5.74, 6) is 0. The molecule has 0 atom stereocenters. The third-order valence-corrected chi connectivity index (χ3v) is 2.74. The Hall–Kier alpha value is 1.82. The second-order valence-corrected chi connectivity index (χ2v) is 3.12. The summed E-state index contributed by atoms with van der Waals surface area (Å²) < 4.78 is 2.19. The fraction of sp³-hybridized carbons (Fsp3) is 0. The van der Waals surface area contributed by atoms with Crippen molar-refractivity contribution in [3.05, 3.63) is 33.2 Å². The fourth-order valence-electron chi connectivity index (χ4n) is 0.439. The van der Waals surface area contributed by atoms with Gasteiger partial charge < -0.3 is 0 Å². The van der Waals surface area contributed by atoms with Gasteiger partial charge in [-0.25, -0.2) is 0 Å². The molecule has 3 heteroatoms. The van der Waals surface area contributed by atoms with Crippen LogP contribution < -0.4 is 0 Å². The second kappa shape index (κ2) is 5.46. The first kappa shape index (κ1) is 10.8. The Labute approximate surface area is 114 Å². The van der Waals surface area contributed by atoms with Crippen LogP contribution in [0, 0.1) is 0 Å². The number of benzene rings is 1. The first-order chi connectivity index (χ1) is 3.80. The third kappa shape index (κ3) is 3.65. The van der Waals surface area contributed by atoms with E-state index in [1.807, 2.05) is 24.3 Å². The Kier molecular flexibility index (Phi) is 6.57. The van der Waals surface area contributed by atoms with Crippen molar-refractivity contribution in [2.24, 2.45) is 0 Å². The van der Waals surface area contributed by atoms with E-state index in [0.29, 0.717) is 0 Å². The summed E-state index contributed by atoms with van der Waals surface area (Å²) in [6.07, 6.45) is 0. The van der Waals surface area contributed by atoms with Gasteiger partial charge in [-0.15, -0.1) is 0 Å². The van der Waals surface area contributed by atoms with Crippen molar-refractivity contribution in [2.45, 2.75) is 0 Å². The molecule has 0 saturated heterocycles. The molecule has 0 nitrogen and oxygen atoms in total. The molecule has 0 unspecified atom stereocenters. The standard InChI is InChI=1S/C6H4Br2.K/c7-5-3-1-2-4-6(5)8;/h1-4H;. The maximum Gasteiger partial charge on any atom is 0.0317 e. The van der Waals surface area contributed by atoms with Gasteiger partial charge in [-0.05, 0) is 44.0 Å². The average molecular weight is 275 g/mol. The largest absolute Gasteiger partial charge is 0.0611 e. The zero-order valence-electron chi connectivity index (χ0n) is 5.07. The van der Waals surface area contributed by atoms with E-state index in [2.05, 4.69) is 31.9 Å². The van der Waals surface area contributed by atoms with Crippen LogP contribution in [0.1, 0.15) is 0 Å². The molecule has 0 aliphatic rings. The monoisotopic (exact) mass is 273 g/mol. The minimum absolute atomic E-state index is 0. The molecule has 0 heterocycles. The van der Waals surface area contributed by atoms with Crippen molar-refractivity contribution in [1.82, 2.24) is 0 Å². The molecule has 0 aliphatic heterocycles. The molecule has 1 aromatic carbocycles. The van der Waals surface area contributed by atoms with E-state index in [1.54, 1.807) is 0 Å². The van der Waals surface area contributed by atoms with Crippen LogP contribution in [0.25, 0.3) is 0 Å². The molecular weight excluding hydrogens is 271 g/mol. The fourth-order valence-corrected chi connectivity index (χ4v) is 1.01. The van der Waals surface area contributed by atoms with Crippen LogP contribution in [-0.2, 0) is 0 Å². The SMILES string of the molecule is Brc1ccccc1Br.[K]. The van der Waals surface area contributed by atoms with Crippen molar-refractivity contribution in [1.29, 1.82) is 0 Å². The van der Waals surface area contributed by atoms with Gasteiger partial charge in [0.2, 0.25) is 0 Å². The van der Waals surface area contributed by atoms with Crippen molar-refractivity contribution < 1.29 is 0 Å². The smallest absolute Gasteiger partial charge is 0.0317 e. The van der Waals surface area contributed by atoms with E-state index in [1.165, 1.54) is 0 Å². The number of hydrogen-bond donors (Lipinski definition) is 0. The van der Waals surface area contributed by atoms with Gasteiger partial charge in [-0.3, -0.25) is 0 Å². The first-order valence-corrected chi connectivity index (χ1v) is 3.79. The van der Waals surface area contributed by atoms with Gasteiger partial charge >= 0.3 is 0 Å². The number of hydrogen-bond acceptors (Lipinski definition) is 0. The molecular formula is C6H4Br2K. The quantitative estimate of drug-likeness (QED) is 0.639. The predicted octanol–water partition coefficient (Wildman–Crippen LogP) is 2.83. The molecule has 0 amide bonds. The van der Waals surface area contributed by atoms with E-state index in [-0.39, 0.29) is 51.4 Å². The second-order valence-electron chi connectivity index (χ2n) is 1.41. The Morgan fingerprint density at radius 3 is 1.44 bits per heavy atom. The molecule has 1 aromatic rings. The summed E-state index contributed by atoms with van der Waals surface area (Å²) in [6.45, 7) is 0. The van der Waals surface area contributed by atoms with Crippen molar-refractivity contribution >= 4 is 83.2 Å². The average Bonchev–Trinajstić information content (AvgIpc) is 1.77. The van der Waals surface area contributed by atoms with Crippen LogP contribution >= 0.6 is 31.9 Å². The van der Waals surface area contributed by atoms with Gasteiger partial charge in [0.05, 0.1) is 0 Å². The summed E-state index contributed by atoms with van der Waals surface area (Å²) in [7, 11) is 0. The Bertz CT molecular complexity index is 167. The Morgan fingerprint density at radius 2 is 1.22 bits per heavy atom. The van der Waals surface area contributed by atoms with E-state index in [9.17, 15) is 0 Å². The van der Waals surface area contributed by atoms with Crippen LogP contribution in [0.5, 0.6) is 0 Å². The van der Waals surface area contributed by atoms with E-state index in [0.717, 1.165) is 8.95 Å². The Morgan fingerprint density at radius 1 is 0.889 bits per heavy atom. The molecule has 0 spiro atoms. The number of rotatable bonds is 0. The molecule has 0 bridgehead atoms. The van der Waals surface area contributed by atoms with Gasteiger partial charge in [0.25, 0.3) is 0 Å². The van der Waals surface area contributed by atoms with Gasteiger partial charge in [-0.2, -0.15) is 0 Å². The van der Waals surface area contributed by atoms with Gasteiger partial charge in [0.15, 0.2) is 0 Å². The third-order valence-electron chi connectivity index (χ3n) is 0.824. The maximum absolute atomic E-state index is 3.35. The topological polar surface area (TPSA) is 0 Å². The van der Waals surface area contributed by atoms with Crippen LogP contribution in [0.2, 0.25) is 0 Å². The molecule has 1 radical (unpaired) electrons. The summed E-state index contributed by atoms with van der Waals surface area (Å²) in [5.41, 5.74) is 0. The minimum atomic E-state index is 0. The van der Waals surface area contributed by atoms with Crippen molar-refractivity contribution in [3.8, 4) is 0 Å². The summed E-state index contributed by atoms with van der Waals surface area (Å²) >= 11 is 6.70. The van der Waals surface area contributed by atoms with Gasteiger partial charge in [0, 0.05) is 60.3 Å². The summed E-state index contributed by atoms with van der Waals surface area (Å²) in [4.78, 5) is 0. The molecule has 43 valence electrons. The molecule has 0 aromatic heterocycles. The van der Waals surface area contributed by atoms with Crippen LogP contribution in [0.15, 0.2) is 33.2 Å². The first-order valence-electron chi connectivity index (χ1n) is 2.21. The molecule has 1 rings (SSSR count).